The number of hydrogen-bond acceptors (Lipinski definition) is 3. The maximum absolute atomic E-state index is 11.6. The number of carbonyl (C=O) groups is 1. The number of anilines is 1. The molecule has 0 aliphatic rings. The van der Waals surface area contributed by atoms with Gasteiger partial charge in [0.2, 0.25) is 0 Å². The van der Waals surface area contributed by atoms with Crippen molar-refractivity contribution in [1.82, 2.24) is 5.32 Å². The van der Waals surface area contributed by atoms with Crippen molar-refractivity contribution in [2.45, 2.75) is 13.5 Å². The molecule has 4 nitrogen and oxygen atoms in total. The molecule has 1 aromatic heterocycles. The molecule has 106 valence electrons. The van der Waals surface area contributed by atoms with E-state index in [0.29, 0.717) is 16.8 Å². The van der Waals surface area contributed by atoms with E-state index in [4.69, 9.17) is 4.42 Å². The normalized spacial score (nSPS) is 10.4. The van der Waals surface area contributed by atoms with E-state index in [1.54, 1.807) is 13.1 Å². The molecule has 0 atom stereocenters. The molecule has 1 heterocycles. The number of amides is 1. The van der Waals surface area contributed by atoms with Gasteiger partial charge < -0.3 is 15.1 Å². The quantitative estimate of drug-likeness (QED) is 0.811. The van der Waals surface area contributed by atoms with Crippen LogP contribution in [0.3, 0.4) is 0 Å². The highest BCUT2D eigenvalue weighted by atomic mass is 79.9. The van der Waals surface area contributed by atoms with Crippen molar-refractivity contribution in [2.24, 2.45) is 0 Å². The van der Waals surface area contributed by atoms with Crippen LogP contribution in [0.5, 0.6) is 0 Å². The second-order valence-corrected chi connectivity index (χ2v) is 5.87. The van der Waals surface area contributed by atoms with Crippen LogP contribution < -0.4 is 10.6 Å². The van der Waals surface area contributed by atoms with Crippen LogP contribution in [-0.4, -0.2) is 13.0 Å². The van der Waals surface area contributed by atoms with Crippen LogP contribution >= 0.6 is 31.9 Å². The summed E-state index contributed by atoms with van der Waals surface area (Å²) in [5.41, 5.74) is 2.61. The van der Waals surface area contributed by atoms with Gasteiger partial charge in [-0.3, -0.25) is 4.79 Å². The van der Waals surface area contributed by atoms with Gasteiger partial charge in [-0.2, -0.15) is 0 Å². The van der Waals surface area contributed by atoms with Crippen LogP contribution in [0.25, 0.3) is 0 Å². The van der Waals surface area contributed by atoms with E-state index in [1.807, 2.05) is 25.1 Å². The summed E-state index contributed by atoms with van der Waals surface area (Å²) in [5.74, 6) is 0.699. The molecule has 0 unspecified atom stereocenters. The summed E-state index contributed by atoms with van der Waals surface area (Å²) < 4.78 is 7.05. The lowest BCUT2D eigenvalue weighted by Gasteiger charge is -2.10. The number of halogens is 2. The Hall–Kier alpha value is -1.27. The molecule has 0 bridgehead atoms. The smallest absolute Gasteiger partial charge is 0.251 e. The molecule has 20 heavy (non-hydrogen) atoms. The number of hydrogen-bond donors (Lipinski definition) is 2. The largest absolute Gasteiger partial charge is 0.451 e. The van der Waals surface area contributed by atoms with Crippen molar-refractivity contribution >= 4 is 43.5 Å². The first-order valence-electron chi connectivity index (χ1n) is 6.01. The Labute approximate surface area is 134 Å². The number of benzene rings is 1. The Bertz CT molecular complexity index is 619. The minimum absolute atomic E-state index is 0.100. The molecule has 0 saturated carbocycles. The minimum Gasteiger partial charge on any atom is -0.451 e. The Kier molecular flexibility index (Phi) is 4.88. The maximum Gasteiger partial charge on any atom is 0.251 e. The Morgan fingerprint density at radius 1 is 1.30 bits per heavy atom. The molecule has 1 aromatic carbocycles. The van der Waals surface area contributed by atoms with Crippen LogP contribution in [0, 0.1) is 6.92 Å². The van der Waals surface area contributed by atoms with Crippen LogP contribution in [0.1, 0.15) is 21.7 Å². The number of rotatable bonds is 4. The lowest BCUT2D eigenvalue weighted by molar-refractivity contribution is 0.0963. The molecule has 0 radical (unpaired) electrons. The van der Waals surface area contributed by atoms with E-state index >= 15 is 0 Å². The summed E-state index contributed by atoms with van der Waals surface area (Å²) in [7, 11) is 1.62. The number of carbonyl (C=O) groups excluding carboxylic acids is 1. The summed E-state index contributed by atoms with van der Waals surface area (Å²) in [4.78, 5) is 11.6. The number of furan rings is 1. The van der Waals surface area contributed by atoms with Crippen LogP contribution in [-0.2, 0) is 6.54 Å². The summed E-state index contributed by atoms with van der Waals surface area (Å²) in [5, 5.41) is 5.89. The van der Waals surface area contributed by atoms with Gasteiger partial charge in [0.25, 0.3) is 5.91 Å². The summed E-state index contributed by atoms with van der Waals surface area (Å²) >= 11 is 6.68. The highest BCUT2D eigenvalue weighted by Gasteiger charge is 2.09. The summed E-state index contributed by atoms with van der Waals surface area (Å²) in [6.45, 7) is 2.53. The molecular weight excluding hydrogens is 388 g/mol. The third-order valence-electron chi connectivity index (χ3n) is 2.88. The first kappa shape index (κ1) is 15.1. The van der Waals surface area contributed by atoms with Gasteiger partial charge in [-0.25, -0.2) is 0 Å². The van der Waals surface area contributed by atoms with E-state index < -0.39 is 0 Å². The highest BCUT2D eigenvalue weighted by molar-refractivity contribution is 9.13. The first-order chi connectivity index (χ1) is 9.51. The molecule has 0 aliphatic carbocycles. The lowest BCUT2D eigenvalue weighted by Crippen LogP contribution is -2.18. The van der Waals surface area contributed by atoms with E-state index in [2.05, 4.69) is 42.5 Å². The zero-order valence-electron chi connectivity index (χ0n) is 11.1. The predicted molar refractivity (Wildman–Crippen MR) is 86.0 cm³/mol. The zero-order valence-corrected chi connectivity index (χ0v) is 14.3. The van der Waals surface area contributed by atoms with Gasteiger partial charge in [-0.05, 0) is 62.5 Å². The fraction of sp³-hybridized carbons (Fsp3) is 0.214. The van der Waals surface area contributed by atoms with Gasteiger partial charge >= 0.3 is 0 Å². The van der Waals surface area contributed by atoms with Gasteiger partial charge in [0, 0.05) is 18.3 Å². The molecule has 6 heteroatoms. The topological polar surface area (TPSA) is 54.3 Å². The molecule has 0 saturated heterocycles. The Morgan fingerprint density at radius 3 is 2.65 bits per heavy atom. The highest BCUT2D eigenvalue weighted by Crippen LogP contribution is 2.27. The van der Waals surface area contributed by atoms with Crippen LogP contribution in [0.4, 0.5) is 5.69 Å². The maximum atomic E-state index is 11.6. The molecule has 0 spiro atoms. The third-order valence-corrected chi connectivity index (χ3v) is 4.59. The lowest BCUT2D eigenvalue weighted by atomic mass is 10.1. The first-order valence-corrected chi connectivity index (χ1v) is 7.60. The average Bonchev–Trinajstić information content (AvgIpc) is 2.76. The Morgan fingerprint density at radius 2 is 2.05 bits per heavy atom. The Balaban J connectivity index is 2.14. The van der Waals surface area contributed by atoms with Crippen molar-refractivity contribution in [3.63, 3.8) is 0 Å². The van der Waals surface area contributed by atoms with Crippen molar-refractivity contribution in [1.29, 1.82) is 0 Å². The van der Waals surface area contributed by atoms with Gasteiger partial charge in [-0.15, -0.1) is 0 Å². The van der Waals surface area contributed by atoms with Crippen molar-refractivity contribution < 1.29 is 9.21 Å². The van der Waals surface area contributed by atoms with Crippen LogP contribution in [0.2, 0.25) is 0 Å². The van der Waals surface area contributed by atoms with E-state index in [1.165, 1.54) is 0 Å². The second kappa shape index (κ2) is 6.45. The zero-order chi connectivity index (χ0) is 14.7. The molecular formula is C14H14Br2N2O2. The van der Waals surface area contributed by atoms with E-state index in [-0.39, 0.29) is 5.91 Å². The van der Waals surface area contributed by atoms with Gasteiger partial charge in [0.15, 0.2) is 4.67 Å². The standard InChI is InChI=1S/C14H14Br2N2O2/c1-8-3-4-9(14(19)17-2)5-12(8)18-7-10-6-11(15)13(16)20-10/h3-6,18H,7H2,1-2H3,(H,17,19). The average molecular weight is 402 g/mol. The van der Waals surface area contributed by atoms with E-state index in [0.717, 1.165) is 21.5 Å². The number of aryl methyl sites for hydroxylation is 1. The summed E-state index contributed by atoms with van der Waals surface area (Å²) in [6, 6.07) is 7.45. The van der Waals surface area contributed by atoms with E-state index in [9.17, 15) is 4.79 Å². The van der Waals surface area contributed by atoms with Gasteiger partial charge in [0.05, 0.1) is 11.0 Å². The SMILES string of the molecule is CNC(=O)c1ccc(C)c(NCc2cc(Br)c(Br)o2)c1. The van der Waals surface area contributed by atoms with Crippen LogP contribution in [0.15, 0.2) is 37.8 Å². The predicted octanol–water partition coefficient (Wildman–Crippen LogP) is 4.08. The minimum atomic E-state index is -0.100. The fourth-order valence-corrected chi connectivity index (χ4v) is 2.42. The molecule has 2 rings (SSSR count). The molecule has 2 N–H and O–H groups in total. The molecule has 1 amide bonds. The van der Waals surface area contributed by atoms with Crippen molar-refractivity contribution in [2.75, 3.05) is 12.4 Å². The fourth-order valence-electron chi connectivity index (χ4n) is 1.76. The van der Waals surface area contributed by atoms with Crippen molar-refractivity contribution in [3.05, 3.63) is 50.3 Å². The molecule has 0 aliphatic heterocycles. The monoisotopic (exact) mass is 400 g/mol. The number of nitrogens with one attached hydrogen (secondary N) is 2. The molecule has 0 fully saturated rings. The van der Waals surface area contributed by atoms with Gasteiger partial charge in [-0.1, -0.05) is 6.07 Å². The second-order valence-electron chi connectivity index (χ2n) is 4.30. The van der Waals surface area contributed by atoms with Gasteiger partial charge in [0.1, 0.15) is 5.76 Å². The summed E-state index contributed by atoms with van der Waals surface area (Å²) in [6.07, 6.45) is 0. The molecule has 2 aromatic rings. The van der Waals surface area contributed by atoms with Crippen molar-refractivity contribution in [3.8, 4) is 0 Å². The third kappa shape index (κ3) is 3.43.